The van der Waals surface area contributed by atoms with Crippen molar-refractivity contribution in [3.8, 4) is 5.75 Å². The van der Waals surface area contributed by atoms with E-state index >= 15 is 0 Å². The highest BCUT2D eigenvalue weighted by Crippen LogP contribution is 2.28. The Morgan fingerprint density at radius 2 is 1.89 bits per heavy atom. The molecule has 0 saturated carbocycles. The second-order valence-electron chi connectivity index (χ2n) is 4.18. The number of rotatable bonds is 6. The molecule has 0 N–H and O–H groups in total. The van der Waals surface area contributed by atoms with Gasteiger partial charge in [-0.3, -0.25) is 4.79 Å². The first-order valence-corrected chi connectivity index (χ1v) is 6.96. The molecule has 0 aliphatic rings. The molecule has 18 heavy (non-hydrogen) atoms. The summed E-state index contributed by atoms with van der Waals surface area (Å²) in [5.41, 5.74) is 0. The molecule has 0 fully saturated rings. The van der Waals surface area contributed by atoms with Crippen LogP contribution < -0.4 is 4.74 Å². The lowest BCUT2D eigenvalue weighted by Gasteiger charge is -2.13. The summed E-state index contributed by atoms with van der Waals surface area (Å²) in [5.74, 6) is 0.672. The number of ether oxygens (including phenoxy) is 2. The van der Waals surface area contributed by atoms with Crippen LogP contribution in [0.15, 0.2) is 29.2 Å². The average molecular weight is 268 g/mol. The van der Waals surface area contributed by atoms with Crippen LogP contribution >= 0.6 is 11.8 Å². The second kappa shape index (κ2) is 7.31. The minimum atomic E-state index is -0.176. The minimum absolute atomic E-state index is 0.146. The summed E-state index contributed by atoms with van der Waals surface area (Å²) in [6.45, 7) is 5.96. The number of thioether (sulfide) groups is 1. The second-order valence-corrected chi connectivity index (χ2v) is 5.45. The summed E-state index contributed by atoms with van der Waals surface area (Å²) >= 11 is 1.52. The molecule has 0 aliphatic heterocycles. The van der Waals surface area contributed by atoms with Gasteiger partial charge in [0, 0.05) is 4.90 Å². The molecule has 100 valence electrons. The number of carbonyl (C=O) groups excluding carboxylic acids is 1. The predicted molar refractivity (Wildman–Crippen MR) is 74.2 cm³/mol. The van der Waals surface area contributed by atoms with Crippen molar-refractivity contribution in [2.75, 3.05) is 7.11 Å². The van der Waals surface area contributed by atoms with Crippen molar-refractivity contribution in [1.29, 1.82) is 0 Å². The molecule has 0 heterocycles. The van der Waals surface area contributed by atoms with E-state index in [2.05, 4.69) is 0 Å². The molecule has 1 aromatic rings. The van der Waals surface area contributed by atoms with Gasteiger partial charge in [0.05, 0.1) is 13.2 Å². The minimum Gasteiger partial charge on any atom is -0.491 e. The van der Waals surface area contributed by atoms with Crippen LogP contribution in [0.4, 0.5) is 0 Å². The maximum atomic E-state index is 11.5. The summed E-state index contributed by atoms with van der Waals surface area (Å²) in [6.07, 6.45) is 0.920. The van der Waals surface area contributed by atoms with Crippen molar-refractivity contribution < 1.29 is 14.3 Å². The highest BCUT2D eigenvalue weighted by atomic mass is 32.2. The van der Waals surface area contributed by atoms with Gasteiger partial charge in [-0.25, -0.2) is 0 Å². The van der Waals surface area contributed by atoms with Gasteiger partial charge in [-0.1, -0.05) is 6.92 Å². The number of esters is 1. The van der Waals surface area contributed by atoms with Crippen molar-refractivity contribution in [2.24, 2.45) is 0 Å². The lowest BCUT2D eigenvalue weighted by molar-refractivity contribution is -0.140. The molecule has 0 bridgehead atoms. The SMILES string of the molecule is CCC(Sc1ccc(OC(C)C)cc1)C(=O)OC. The molecule has 1 atom stereocenters. The predicted octanol–water partition coefficient (Wildman–Crippen LogP) is 3.52. The molecule has 0 amide bonds. The number of hydrogen-bond acceptors (Lipinski definition) is 4. The highest BCUT2D eigenvalue weighted by molar-refractivity contribution is 8.00. The van der Waals surface area contributed by atoms with Crippen LogP contribution in [0, 0.1) is 0 Å². The Morgan fingerprint density at radius 3 is 2.33 bits per heavy atom. The topological polar surface area (TPSA) is 35.5 Å². The number of benzene rings is 1. The molecule has 1 aromatic carbocycles. The van der Waals surface area contributed by atoms with Gasteiger partial charge in [-0.15, -0.1) is 11.8 Å². The van der Waals surface area contributed by atoms with E-state index in [0.29, 0.717) is 0 Å². The van der Waals surface area contributed by atoms with Crippen LogP contribution in [-0.2, 0) is 9.53 Å². The fourth-order valence-corrected chi connectivity index (χ4v) is 2.44. The van der Waals surface area contributed by atoms with Crippen molar-refractivity contribution >= 4 is 17.7 Å². The third kappa shape index (κ3) is 4.61. The zero-order valence-electron chi connectivity index (χ0n) is 11.3. The van der Waals surface area contributed by atoms with Crippen LogP contribution in [0.5, 0.6) is 5.75 Å². The zero-order valence-corrected chi connectivity index (χ0v) is 12.1. The van der Waals surface area contributed by atoms with Crippen molar-refractivity contribution in [3.63, 3.8) is 0 Å². The smallest absolute Gasteiger partial charge is 0.319 e. The van der Waals surface area contributed by atoms with E-state index in [0.717, 1.165) is 17.1 Å². The molecule has 4 heteroatoms. The van der Waals surface area contributed by atoms with Crippen molar-refractivity contribution in [3.05, 3.63) is 24.3 Å². The molecular weight excluding hydrogens is 248 g/mol. The summed E-state index contributed by atoms with van der Waals surface area (Å²) in [4.78, 5) is 12.5. The zero-order chi connectivity index (χ0) is 13.5. The van der Waals surface area contributed by atoms with Crippen LogP contribution in [0.25, 0.3) is 0 Å². The van der Waals surface area contributed by atoms with E-state index in [1.165, 1.54) is 18.9 Å². The van der Waals surface area contributed by atoms with E-state index in [1.807, 2.05) is 45.0 Å². The maximum Gasteiger partial charge on any atom is 0.319 e. The Bertz CT molecular complexity index is 373. The largest absolute Gasteiger partial charge is 0.491 e. The van der Waals surface area contributed by atoms with E-state index in [4.69, 9.17) is 9.47 Å². The molecule has 0 aromatic heterocycles. The van der Waals surface area contributed by atoms with Gasteiger partial charge in [0.2, 0.25) is 0 Å². The average Bonchev–Trinajstić information content (AvgIpc) is 2.36. The number of methoxy groups -OCH3 is 1. The lowest BCUT2D eigenvalue weighted by Crippen LogP contribution is -2.17. The normalized spacial score (nSPS) is 12.3. The van der Waals surface area contributed by atoms with E-state index in [9.17, 15) is 4.79 Å². The van der Waals surface area contributed by atoms with E-state index < -0.39 is 0 Å². The quantitative estimate of drug-likeness (QED) is 0.584. The van der Waals surface area contributed by atoms with Gasteiger partial charge in [0.1, 0.15) is 11.0 Å². The Balaban J connectivity index is 2.64. The van der Waals surface area contributed by atoms with Gasteiger partial charge in [-0.2, -0.15) is 0 Å². The number of hydrogen-bond donors (Lipinski definition) is 0. The first-order valence-electron chi connectivity index (χ1n) is 6.08. The summed E-state index contributed by atoms with van der Waals surface area (Å²) in [7, 11) is 1.42. The first kappa shape index (κ1) is 14.9. The Labute approximate surface area is 113 Å². The highest BCUT2D eigenvalue weighted by Gasteiger charge is 2.18. The molecule has 1 rings (SSSR count). The lowest BCUT2D eigenvalue weighted by atomic mass is 10.3. The molecule has 0 radical (unpaired) electrons. The van der Waals surface area contributed by atoms with Crippen LogP contribution in [-0.4, -0.2) is 24.4 Å². The van der Waals surface area contributed by atoms with Gasteiger partial charge in [0.15, 0.2) is 0 Å². The Hall–Kier alpha value is -1.16. The van der Waals surface area contributed by atoms with Crippen LogP contribution in [0.1, 0.15) is 27.2 Å². The molecular formula is C14H20O3S. The molecule has 3 nitrogen and oxygen atoms in total. The van der Waals surface area contributed by atoms with Crippen molar-refractivity contribution in [2.45, 2.75) is 43.4 Å². The molecule has 0 spiro atoms. The van der Waals surface area contributed by atoms with Gasteiger partial charge in [-0.05, 0) is 44.5 Å². The summed E-state index contributed by atoms with van der Waals surface area (Å²) in [5, 5.41) is -0.146. The third-order valence-corrected chi connectivity index (χ3v) is 3.66. The molecule has 1 unspecified atom stereocenters. The molecule has 0 saturated heterocycles. The Morgan fingerprint density at radius 1 is 1.28 bits per heavy atom. The van der Waals surface area contributed by atoms with Gasteiger partial charge < -0.3 is 9.47 Å². The Kier molecular flexibility index (Phi) is 6.05. The molecule has 0 aliphatic carbocycles. The first-order chi connectivity index (χ1) is 8.56. The fourth-order valence-electron chi connectivity index (χ4n) is 1.46. The monoisotopic (exact) mass is 268 g/mol. The summed E-state index contributed by atoms with van der Waals surface area (Å²) in [6, 6.07) is 7.78. The summed E-state index contributed by atoms with van der Waals surface area (Å²) < 4.78 is 10.3. The maximum absolute atomic E-state index is 11.5. The van der Waals surface area contributed by atoms with E-state index in [1.54, 1.807) is 0 Å². The van der Waals surface area contributed by atoms with Crippen LogP contribution in [0.2, 0.25) is 0 Å². The number of carbonyl (C=O) groups is 1. The van der Waals surface area contributed by atoms with Crippen molar-refractivity contribution in [1.82, 2.24) is 0 Å². The fraction of sp³-hybridized carbons (Fsp3) is 0.500. The van der Waals surface area contributed by atoms with Gasteiger partial charge in [0.25, 0.3) is 0 Å². The van der Waals surface area contributed by atoms with Crippen LogP contribution in [0.3, 0.4) is 0 Å². The standard InChI is InChI=1S/C14H20O3S/c1-5-13(14(15)16-4)18-12-8-6-11(7-9-12)17-10(2)3/h6-10,13H,5H2,1-4H3. The van der Waals surface area contributed by atoms with E-state index in [-0.39, 0.29) is 17.3 Å². The third-order valence-electron chi connectivity index (χ3n) is 2.31. The van der Waals surface area contributed by atoms with Gasteiger partial charge >= 0.3 is 5.97 Å².